The summed E-state index contributed by atoms with van der Waals surface area (Å²) >= 11 is 0. The fourth-order valence-corrected chi connectivity index (χ4v) is 3.72. The Hall–Kier alpha value is -2.44. The molecule has 3 heterocycles. The Bertz CT molecular complexity index is 895. The molecule has 0 saturated carbocycles. The van der Waals surface area contributed by atoms with Crippen LogP contribution in [0.2, 0.25) is 0 Å². The fourth-order valence-electron chi connectivity index (χ4n) is 3.72. The van der Waals surface area contributed by atoms with E-state index in [2.05, 4.69) is 57.5 Å². The number of pyridine rings is 1. The first kappa shape index (κ1) is 17.9. The Morgan fingerprint density at radius 1 is 1.22 bits per heavy atom. The van der Waals surface area contributed by atoms with Crippen molar-refractivity contribution in [2.75, 3.05) is 38.5 Å². The van der Waals surface area contributed by atoms with Crippen molar-refractivity contribution in [3.63, 3.8) is 0 Å². The van der Waals surface area contributed by atoms with Gasteiger partial charge in [0.15, 0.2) is 0 Å². The zero-order chi connectivity index (χ0) is 18.6. The average Bonchev–Trinajstić information content (AvgIpc) is 3.19. The number of fused-ring (bicyclic) bond motifs is 1. The number of likely N-dealkylation sites (tertiary alicyclic amines) is 1. The van der Waals surface area contributed by atoms with Crippen LogP contribution < -0.4 is 11.1 Å². The van der Waals surface area contributed by atoms with E-state index in [1.165, 1.54) is 0 Å². The quantitative estimate of drug-likeness (QED) is 0.658. The van der Waals surface area contributed by atoms with Gasteiger partial charge in [-0.3, -0.25) is 4.68 Å². The van der Waals surface area contributed by atoms with Gasteiger partial charge in [0, 0.05) is 29.4 Å². The van der Waals surface area contributed by atoms with Crippen molar-refractivity contribution in [1.29, 1.82) is 0 Å². The van der Waals surface area contributed by atoms with E-state index in [-0.39, 0.29) is 0 Å². The largest absolute Gasteiger partial charge is 0.384 e. The molecular weight excluding hydrogens is 336 g/mol. The summed E-state index contributed by atoms with van der Waals surface area (Å²) in [5, 5.41) is 9.31. The third kappa shape index (κ3) is 3.96. The first-order chi connectivity index (χ1) is 13.2. The predicted molar refractivity (Wildman–Crippen MR) is 111 cm³/mol. The standard InChI is InChI=1S/C21H28N6/c1-26-11-7-17(8-12-26)27-15-16(14-24-27)20-13-21(23-10-4-9-22)18-5-2-3-6-19(18)25-20/h2-3,5-6,13-15,17H,4,7-12,22H2,1H3,(H,23,25). The lowest BCUT2D eigenvalue weighted by molar-refractivity contribution is 0.212. The van der Waals surface area contributed by atoms with Crippen molar-refractivity contribution in [3.8, 4) is 11.3 Å². The summed E-state index contributed by atoms with van der Waals surface area (Å²) in [6, 6.07) is 10.9. The summed E-state index contributed by atoms with van der Waals surface area (Å²) < 4.78 is 2.13. The molecule has 1 saturated heterocycles. The summed E-state index contributed by atoms with van der Waals surface area (Å²) in [6.45, 7) is 3.80. The van der Waals surface area contributed by atoms with Crippen LogP contribution in [-0.2, 0) is 0 Å². The van der Waals surface area contributed by atoms with Crippen LogP contribution in [0.5, 0.6) is 0 Å². The molecule has 1 fully saturated rings. The van der Waals surface area contributed by atoms with Gasteiger partial charge in [0.05, 0.1) is 23.4 Å². The minimum absolute atomic E-state index is 0.484. The van der Waals surface area contributed by atoms with Gasteiger partial charge in [0.2, 0.25) is 0 Å². The van der Waals surface area contributed by atoms with E-state index in [9.17, 15) is 0 Å². The molecule has 0 aliphatic carbocycles. The molecule has 1 aromatic carbocycles. The van der Waals surface area contributed by atoms with E-state index >= 15 is 0 Å². The molecule has 3 N–H and O–H groups in total. The van der Waals surface area contributed by atoms with Crippen molar-refractivity contribution in [1.82, 2.24) is 19.7 Å². The highest BCUT2D eigenvalue weighted by atomic mass is 15.3. The predicted octanol–water partition coefficient (Wildman–Crippen LogP) is 3.13. The van der Waals surface area contributed by atoms with Crippen LogP contribution in [0.1, 0.15) is 25.3 Å². The van der Waals surface area contributed by atoms with Crippen LogP contribution in [0.3, 0.4) is 0 Å². The number of piperidine rings is 1. The first-order valence-electron chi connectivity index (χ1n) is 9.81. The molecule has 0 unspecified atom stereocenters. The maximum Gasteiger partial charge on any atom is 0.0761 e. The summed E-state index contributed by atoms with van der Waals surface area (Å²) in [5.74, 6) is 0. The number of hydrogen-bond acceptors (Lipinski definition) is 5. The van der Waals surface area contributed by atoms with Gasteiger partial charge in [0.25, 0.3) is 0 Å². The molecule has 1 aliphatic heterocycles. The van der Waals surface area contributed by atoms with Crippen LogP contribution in [0, 0.1) is 0 Å². The number of benzene rings is 1. The molecule has 2 aromatic heterocycles. The molecule has 0 spiro atoms. The lowest BCUT2D eigenvalue weighted by Crippen LogP contribution is -2.31. The minimum atomic E-state index is 0.484. The third-order valence-electron chi connectivity index (χ3n) is 5.37. The topological polar surface area (TPSA) is 72.0 Å². The van der Waals surface area contributed by atoms with Crippen LogP contribution in [0.25, 0.3) is 22.2 Å². The minimum Gasteiger partial charge on any atom is -0.384 e. The highest BCUT2D eigenvalue weighted by Gasteiger charge is 2.19. The van der Waals surface area contributed by atoms with Gasteiger partial charge in [-0.1, -0.05) is 18.2 Å². The monoisotopic (exact) mass is 364 g/mol. The van der Waals surface area contributed by atoms with Crippen molar-refractivity contribution < 1.29 is 0 Å². The molecule has 0 bridgehead atoms. The van der Waals surface area contributed by atoms with E-state index < -0.39 is 0 Å². The van der Waals surface area contributed by atoms with Crippen LogP contribution >= 0.6 is 0 Å². The number of nitrogens with one attached hydrogen (secondary N) is 1. The van der Waals surface area contributed by atoms with Gasteiger partial charge >= 0.3 is 0 Å². The number of anilines is 1. The Labute approximate surface area is 160 Å². The lowest BCUT2D eigenvalue weighted by atomic mass is 10.1. The zero-order valence-electron chi connectivity index (χ0n) is 15.9. The van der Waals surface area contributed by atoms with Crippen molar-refractivity contribution in [3.05, 3.63) is 42.7 Å². The normalized spacial score (nSPS) is 16.1. The number of hydrogen-bond donors (Lipinski definition) is 2. The molecule has 0 radical (unpaired) electrons. The van der Waals surface area contributed by atoms with E-state index in [0.29, 0.717) is 12.6 Å². The van der Waals surface area contributed by atoms with Gasteiger partial charge in [-0.25, -0.2) is 4.98 Å². The zero-order valence-corrected chi connectivity index (χ0v) is 15.9. The fraction of sp³-hybridized carbons (Fsp3) is 0.429. The summed E-state index contributed by atoms with van der Waals surface area (Å²) in [5.41, 5.74) is 9.78. The van der Waals surface area contributed by atoms with Gasteiger partial charge < -0.3 is 16.0 Å². The van der Waals surface area contributed by atoms with Crippen molar-refractivity contribution in [2.24, 2.45) is 5.73 Å². The van der Waals surface area contributed by atoms with Gasteiger partial charge in [-0.2, -0.15) is 5.10 Å². The Kier molecular flexibility index (Phi) is 5.36. The summed E-state index contributed by atoms with van der Waals surface area (Å²) in [7, 11) is 2.18. The van der Waals surface area contributed by atoms with Crippen molar-refractivity contribution >= 4 is 16.6 Å². The number of nitrogens with zero attached hydrogens (tertiary/aromatic N) is 4. The first-order valence-corrected chi connectivity index (χ1v) is 9.81. The Morgan fingerprint density at radius 3 is 2.85 bits per heavy atom. The molecule has 142 valence electrons. The maximum absolute atomic E-state index is 5.64. The highest BCUT2D eigenvalue weighted by molar-refractivity contribution is 5.93. The number of para-hydroxylation sites is 1. The molecule has 0 atom stereocenters. The summed E-state index contributed by atoms with van der Waals surface area (Å²) in [4.78, 5) is 7.26. The van der Waals surface area contributed by atoms with Crippen LogP contribution in [0.4, 0.5) is 5.69 Å². The molecule has 1 aliphatic rings. The number of aromatic nitrogens is 3. The molecular formula is C21H28N6. The second-order valence-corrected chi connectivity index (χ2v) is 7.38. The molecule has 3 aromatic rings. The third-order valence-corrected chi connectivity index (χ3v) is 5.37. The Balaban J connectivity index is 1.63. The van der Waals surface area contributed by atoms with Crippen LogP contribution in [-0.4, -0.2) is 52.9 Å². The SMILES string of the molecule is CN1CCC(n2cc(-c3cc(NCCCN)c4ccccc4n3)cn2)CC1. The van der Waals surface area contributed by atoms with Gasteiger partial charge in [-0.05, 0) is 58.1 Å². The van der Waals surface area contributed by atoms with Crippen LogP contribution in [0.15, 0.2) is 42.7 Å². The highest BCUT2D eigenvalue weighted by Crippen LogP contribution is 2.29. The molecule has 6 heteroatoms. The number of nitrogens with two attached hydrogens (primary N) is 1. The molecule has 27 heavy (non-hydrogen) atoms. The van der Waals surface area contributed by atoms with E-state index in [1.807, 2.05) is 12.3 Å². The van der Waals surface area contributed by atoms with E-state index in [1.54, 1.807) is 0 Å². The average molecular weight is 364 g/mol. The second-order valence-electron chi connectivity index (χ2n) is 7.38. The summed E-state index contributed by atoms with van der Waals surface area (Å²) in [6.07, 6.45) is 7.33. The second kappa shape index (κ2) is 8.06. The molecule has 6 nitrogen and oxygen atoms in total. The van der Waals surface area contributed by atoms with Gasteiger partial charge in [0.1, 0.15) is 0 Å². The lowest BCUT2D eigenvalue weighted by Gasteiger charge is -2.28. The smallest absolute Gasteiger partial charge is 0.0761 e. The van der Waals surface area contributed by atoms with E-state index in [0.717, 1.165) is 66.7 Å². The van der Waals surface area contributed by atoms with Gasteiger partial charge in [-0.15, -0.1) is 0 Å². The maximum atomic E-state index is 5.64. The Morgan fingerprint density at radius 2 is 2.04 bits per heavy atom. The van der Waals surface area contributed by atoms with E-state index in [4.69, 9.17) is 10.7 Å². The van der Waals surface area contributed by atoms with Crippen molar-refractivity contribution in [2.45, 2.75) is 25.3 Å². The number of rotatable bonds is 6. The molecule has 4 rings (SSSR count). The molecule has 0 amide bonds.